The van der Waals surface area contributed by atoms with E-state index in [9.17, 15) is 0 Å². The number of aromatic nitrogens is 3. The number of nitrogens with zero attached hydrogens (tertiary/aromatic N) is 3. The van der Waals surface area contributed by atoms with Gasteiger partial charge >= 0.3 is 0 Å². The van der Waals surface area contributed by atoms with Gasteiger partial charge in [-0.1, -0.05) is 25.1 Å². The molecular formula is C14H15N3. The summed E-state index contributed by atoms with van der Waals surface area (Å²) in [6, 6.07) is 8.70. The van der Waals surface area contributed by atoms with Crippen molar-refractivity contribution in [1.82, 2.24) is 14.5 Å². The van der Waals surface area contributed by atoms with Gasteiger partial charge in [-0.15, -0.1) is 0 Å². The van der Waals surface area contributed by atoms with Crippen LogP contribution in [0.25, 0.3) is 21.9 Å². The molecule has 0 unspecified atom stereocenters. The number of fused-ring (bicyclic) bond motifs is 3. The Balaban J connectivity index is 2.42. The molecule has 0 saturated heterocycles. The van der Waals surface area contributed by atoms with Crippen LogP contribution < -0.4 is 0 Å². The first kappa shape index (κ1) is 10.3. The second-order valence-corrected chi connectivity index (χ2v) is 4.42. The SMILES string of the molecule is CC[C@@H](C)n1cnc2cnc3ccccc3c21. The predicted molar refractivity (Wildman–Crippen MR) is 70.0 cm³/mol. The fourth-order valence-corrected chi connectivity index (χ4v) is 2.20. The molecule has 86 valence electrons. The molecule has 0 aliphatic carbocycles. The molecule has 0 bridgehead atoms. The molecule has 2 aromatic heterocycles. The molecule has 3 heteroatoms. The van der Waals surface area contributed by atoms with E-state index < -0.39 is 0 Å². The van der Waals surface area contributed by atoms with Gasteiger partial charge in [0, 0.05) is 11.4 Å². The molecule has 0 fully saturated rings. The zero-order valence-electron chi connectivity index (χ0n) is 10.1. The topological polar surface area (TPSA) is 30.7 Å². The summed E-state index contributed by atoms with van der Waals surface area (Å²) >= 11 is 0. The highest BCUT2D eigenvalue weighted by atomic mass is 15.1. The van der Waals surface area contributed by atoms with Crippen LogP contribution in [0.1, 0.15) is 26.3 Å². The molecule has 2 heterocycles. The predicted octanol–water partition coefficient (Wildman–Crippen LogP) is 3.56. The zero-order valence-corrected chi connectivity index (χ0v) is 10.1. The van der Waals surface area contributed by atoms with Gasteiger partial charge in [0.05, 0.1) is 23.6 Å². The molecule has 3 aromatic rings. The van der Waals surface area contributed by atoms with E-state index >= 15 is 0 Å². The smallest absolute Gasteiger partial charge is 0.107 e. The van der Waals surface area contributed by atoms with Crippen molar-refractivity contribution < 1.29 is 0 Å². The van der Waals surface area contributed by atoms with Crippen LogP contribution in [0.2, 0.25) is 0 Å². The van der Waals surface area contributed by atoms with Crippen molar-refractivity contribution in [3.05, 3.63) is 36.8 Å². The number of hydrogen-bond donors (Lipinski definition) is 0. The first-order chi connectivity index (χ1) is 8.31. The van der Waals surface area contributed by atoms with Crippen molar-refractivity contribution in [2.45, 2.75) is 26.3 Å². The Morgan fingerprint density at radius 1 is 1.18 bits per heavy atom. The van der Waals surface area contributed by atoms with Crippen molar-refractivity contribution in [2.24, 2.45) is 0 Å². The zero-order chi connectivity index (χ0) is 11.8. The normalized spacial score (nSPS) is 13.3. The number of rotatable bonds is 2. The molecule has 0 spiro atoms. The van der Waals surface area contributed by atoms with Crippen LogP contribution >= 0.6 is 0 Å². The Morgan fingerprint density at radius 2 is 2.00 bits per heavy atom. The Hall–Kier alpha value is -1.90. The Labute approximate surface area is 100 Å². The van der Waals surface area contributed by atoms with Crippen LogP contribution in [0.4, 0.5) is 0 Å². The monoisotopic (exact) mass is 225 g/mol. The summed E-state index contributed by atoms with van der Waals surface area (Å²) < 4.78 is 2.25. The van der Waals surface area contributed by atoms with Gasteiger partial charge in [-0.3, -0.25) is 4.98 Å². The molecule has 0 N–H and O–H groups in total. The van der Waals surface area contributed by atoms with Crippen LogP contribution in [0, 0.1) is 0 Å². The van der Waals surface area contributed by atoms with E-state index in [2.05, 4.69) is 40.5 Å². The highest BCUT2D eigenvalue weighted by Gasteiger charge is 2.11. The molecule has 0 radical (unpaired) electrons. The number of hydrogen-bond acceptors (Lipinski definition) is 2. The van der Waals surface area contributed by atoms with Gasteiger partial charge in [-0.2, -0.15) is 0 Å². The molecule has 3 nitrogen and oxygen atoms in total. The van der Waals surface area contributed by atoms with E-state index in [0.717, 1.165) is 17.5 Å². The molecule has 17 heavy (non-hydrogen) atoms. The van der Waals surface area contributed by atoms with Gasteiger partial charge in [0.25, 0.3) is 0 Å². The Morgan fingerprint density at radius 3 is 2.82 bits per heavy atom. The van der Waals surface area contributed by atoms with E-state index in [1.54, 1.807) is 0 Å². The van der Waals surface area contributed by atoms with Gasteiger partial charge in [-0.05, 0) is 19.4 Å². The summed E-state index contributed by atoms with van der Waals surface area (Å²) in [5.74, 6) is 0. The van der Waals surface area contributed by atoms with Crippen LogP contribution in [0.3, 0.4) is 0 Å². The summed E-state index contributed by atoms with van der Waals surface area (Å²) in [7, 11) is 0. The quantitative estimate of drug-likeness (QED) is 0.667. The van der Waals surface area contributed by atoms with Crippen molar-refractivity contribution in [3.8, 4) is 0 Å². The average molecular weight is 225 g/mol. The van der Waals surface area contributed by atoms with Crippen LogP contribution in [-0.2, 0) is 0 Å². The second-order valence-electron chi connectivity index (χ2n) is 4.42. The minimum Gasteiger partial charge on any atom is -0.327 e. The van der Waals surface area contributed by atoms with Crippen LogP contribution in [0.15, 0.2) is 36.8 Å². The maximum Gasteiger partial charge on any atom is 0.107 e. The minimum absolute atomic E-state index is 0.464. The third-order valence-corrected chi connectivity index (χ3v) is 3.37. The summed E-state index contributed by atoms with van der Waals surface area (Å²) in [4.78, 5) is 8.87. The molecular weight excluding hydrogens is 210 g/mol. The van der Waals surface area contributed by atoms with E-state index in [-0.39, 0.29) is 0 Å². The van der Waals surface area contributed by atoms with E-state index in [0.29, 0.717) is 6.04 Å². The lowest BCUT2D eigenvalue weighted by atomic mass is 10.1. The van der Waals surface area contributed by atoms with Gasteiger partial charge in [0.1, 0.15) is 5.52 Å². The Kier molecular flexibility index (Phi) is 2.32. The maximum atomic E-state index is 4.44. The van der Waals surface area contributed by atoms with Crippen molar-refractivity contribution in [1.29, 1.82) is 0 Å². The second kappa shape index (κ2) is 3.84. The molecule has 0 amide bonds. The number of para-hydroxylation sites is 1. The van der Waals surface area contributed by atoms with Crippen molar-refractivity contribution >= 4 is 21.9 Å². The van der Waals surface area contributed by atoms with E-state index in [1.807, 2.05) is 24.7 Å². The maximum absolute atomic E-state index is 4.44. The van der Waals surface area contributed by atoms with Crippen LogP contribution in [0.5, 0.6) is 0 Å². The highest BCUT2D eigenvalue weighted by Crippen LogP contribution is 2.25. The molecule has 0 aliphatic heterocycles. The van der Waals surface area contributed by atoms with Crippen molar-refractivity contribution in [3.63, 3.8) is 0 Å². The first-order valence-corrected chi connectivity index (χ1v) is 6.01. The Bertz CT molecular complexity index is 669. The van der Waals surface area contributed by atoms with Gasteiger partial charge in [0.2, 0.25) is 0 Å². The van der Waals surface area contributed by atoms with E-state index in [4.69, 9.17) is 0 Å². The van der Waals surface area contributed by atoms with E-state index in [1.165, 1.54) is 10.9 Å². The summed E-state index contributed by atoms with van der Waals surface area (Å²) in [5.41, 5.74) is 3.21. The molecule has 0 saturated carbocycles. The number of imidazole rings is 1. The highest BCUT2D eigenvalue weighted by molar-refractivity contribution is 6.01. The summed E-state index contributed by atoms with van der Waals surface area (Å²) in [6.07, 6.45) is 4.88. The summed E-state index contributed by atoms with van der Waals surface area (Å²) in [6.45, 7) is 4.41. The first-order valence-electron chi connectivity index (χ1n) is 6.01. The number of benzene rings is 1. The van der Waals surface area contributed by atoms with Crippen molar-refractivity contribution in [2.75, 3.05) is 0 Å². The fourth-order valence-electron chi connectivity index (χ4n) is 2.20. The molecule has 1 aromatic carbocycles. The average Bonchev–Trinajstić information content (AvgIpc) is 2.82. The summed E-state index contributed by atoms with van der Waals surface area (Å²) in [5, 5.41) is 1.18. The standard InChI is InChI=1S/C14H15N3/c1-3-10(2)17-9-16-13-8-15-12-7-5-4-6-11(12)14(13)17/h4-10H,3H2,1-2H3/t10-/m1/s1. The third kappa shape index (κ3) is 1.50. The van der Waals surface area contributed by atoms with Gasteiger partial charge < -0.3 is 4.57 Å². The molecule has 3 rings (SSSR count). The lowest BCUT2D eigenvalue weighted by Crippen LogP contribution is -2.02. The third-order valence-electron chi connectivity index (χ3n) is 3.37. The molecule has 1 atom stereocenters. The minimum atomic E-state index is 0.464. The number of pyridine rings is 1. The fraction of sp³-hybridized carbons (Fsp3) is 0.286. The van der Waals surface area contributed by atoms with Gasteiger partial charge in [-0.25, -0.2) is 4.98 Å². The van der Waals surface area contributed by atoms with Gasteiger partial charge in [0.15, 0.2) is 0 Å². The largest absolute Gasteiger partial charge is 0.327 e. The van der Waals surface area contributed by atoms with Crippen LogP contribution in [-0.4, -0.2) is 14.5 Å². The lowest BCUT2D eigenvalue weighted by molar-refractivity contribution is 0.545. The molecule has 0 aliphatic rings. The lowest BCUT2D eigenvalue weighted by Gasteiger charge is -2.12.